The first-order chi connectivity index (χ1) is 13.7. The van der Waals surface area contributed by atoms with Crippen LogP contribution in [0.2, 0.25) is 0 Å². The minimum atomic E-state index is 0.362. The van der Waals surface area contributed by atoms with Gasteiger partial charge in [-0.1, -0.05) is 25.5 Å². The van der Waals surface area contributed by atoms with Crippen molar-refractivity contribution >= 4 is 16.9 Å². The molecule has 0 amide bonds. The fourth-order valence-corrected chi connectivity index (χ4v) is 3.39. The standard InChI is InChI=1S/C21H24N6O/c1-3-4-5-17-24-19-20(18(25-26-21(19)22)15-10-11-23-12-15)27(17)13-14-6-8-16(28-2)9-7-14/h6-12,23H,3-5,13H2,1-2H3,(H2,22,26). The molecule has 28 heavy (non-hydrogen) atoms. The Labute approximate surface area is 163 Å². The van der Waals surface area contributed by atoms with Crippen LogP contribution >= 0.6 is 0 Å². The molecule has 4 aromatic rings. The summed E-state index contributed by atoms with van der Waals surface area (Å²) in [5.74, 6) is 2.21. The number of ether oxygens (including phenoxy) is 1. The summed E-state index contributed by atoms with van der Waals surface area (Å²) in [7, 11) is 1.67. The first-order valence-electron chi connectivity index (χ1n) is 9.48. The van der Waals surface area contributed by atoms with Gasteiger partial charge in [-0.3, -0.25) is 0 Å². The molecule has 4 rings (SSSR count). The van der Waals surface area contributed by atoms with Crippen LogP contribution in [0.5, 0.6) is 5.75 Å². The van der Waals surface area contributed by atoms with E-state index in [0.29, 0.717) is 17.9 Å². The molecule has 0 atom stereocenters. The van der Waals surface area contributed by atoms with E-state index in [1.54, 1.807) is 7.11 Å². The van der Waals surface area contributed by atoms with Crippen LogP contribution in [0, 0.1) is 0 Å². The highest BCUT2D eigenvalue weighted by Crippen LogP contribution is 2.30. The number of nitrogens with zero attached hydrogens (tertiary/aromatic N) is 4. The van der Waals surface area contributed by atoms with E-state index in [2.05, 4.69) is 38.8 Å². The summed E-state index contributed by atoms with van der Waals surface area (Å²) >= 11 is 0. The molecule has 1 aromatic carbocycles. The van der Waals surface area contributed by atoms with Crippen LogP contribution in [0.15, 0.2) is 42.7 Å². The highest BCUT2D eigenvalue weighted by Gasteiger charge is 2.20. The van der Waals surface area contributed by atoms with Gasteiger partial charge in [0.05, 0.1) is 7.11 Å². The summed E-state index contributed by atoms with van der Waals surface area (Å²) in [5, 5.41) is 8.55. The van der Waals surface area contributed by atoms with E-state index < -0.39 is 0 Å². The number of nitrogen functional groups attached to an aromatic ring is 1. The van der Waals surface area contributed by atoms with E-state index in [1.165, 1.54) is 0 Å². The maximum atomic E-state index is 6.15. The van der Waals surface area contributed by atoms with Crippen molar-refractivity contribution in [2.75, 3.05) is 12.8 Å². The van der Waals surface area contributed by atoms with Gasteiger partial charge in [0.1, 0.15) is 28.3 Å². The Hall–Kier alpha value is -3.35. The van der Waals surface area contributed by atoms with E-state index in [0.717, 1.165) is 53.2 Å². The zero-order valence-electron chi connectivity index (χ0n) is 16.1. The number of nitrogens with two attached hydrogens (primary N) is 1. The molecule has 144 valence electrons. The SMILES string of the molecule is CCCCc1nc2c(N)nnc(-c3cc[nH]c3)c2n1Cc1ccc(OC)cc1. The second kappa shape index (κ2) is 7.72. The Morgan fingerprint density at radius 2 is 1.96 bits per heavy atom. The minimum Gasteiger partial charge on any atom is -0.497 e. The van der Waals surface area contributed by atoms with Crippen molar-refractivity contribution < 1.29 is 4.74 Å². The summed E-state index contributed by atoms with van der Waals surface area (Å²) in [6.07, 6.45) is 6.83. The normalized spacial score (nSPS) is 11.2. The number of benzene rings is 1. The molecule has 3 aromatic heterocycles. The third kappa shape index (κ3) is 3.31. The Balaban J connectivity index is 1.88. The van der Waals surface area contributed by atoms with Gasteiger partial charge in [-0.05, 0) is 30.2 Å². The maximum Gasteiger partial charge on any atom is 0.174 e. The largest absolute Gasteiger partial charge is 0.497 e. The number of H-pyrrole nitrogens is 1. The smallest absolute Gasteiger partial charge is 0.174 e. The highest BCUT2D eigenvalue weighted by molar-refractivity contribution is 5.95. The van der Waals surface area contributed by atoms with Crippen molar-refractivity contribution in [3.63, 3.8) is 0 Å². The van der Waals surface area contributed by atoms with E-state index in [-0.39, 0.29) is 0 Å². The van der Waals surface area contributed by atoms with E-state index in [1.807, 2.05) is 30.6 Å². The molecule has 0 saturated heterocycles. The first kappa shape index (κ1) is 18.0. The lowest BCUT2D eigenvalue weighted by atomic mass is 10.1. The molecule has 7 nitrogen and oxygen atoms in total. The molecule has 3 N–H and O–H groups in total. The van der Waals surface area contributed by atoms with Gasteiger partial charge < -0.3 is 20.0 Å². The van der Waals surface area contributed by atoms with Gasteiger partial charge in [-0.2, -0.15) is 0 Å². The lowest BCUT2D eigenvalue weighted by Gasteiger charge is -2.12. The predicted octanol–water partition coefficient (Wildman–Crippen LogP) is 3.80. The Kier molecular flexibility index (Phi) is 4.97. The number of rotatable bonds is 7. The highest BCUT2D eigenvalue weighted by atomic mass is 16.5. The first-order valence-corrected chi connectivity index (χ1v) is 9.48. The van der Waals surface area contributed by atoms with Crippen LogP contribution in [0.4, 0.5) is 5.82 Å². The lowest BCUT2D eigenvalue weighted by molar-refractivity contribution is 0.414. The van der Waals surface area contributed by atoms with Crippen molar-refractivity contribution in [2.45, 2.75) is 32.7 Å². The van der Waals surface area contributed by atoms with Gasteiger partial charge in [-0.25, -0.2) is 4.98 Å². The van der Waals surface area contributed by atoms with Gasteiger partial charge in [0.15, 0.2) is 5.82 Å². The van der Waals surface area contributed by atoms with E-state index in [9.17, 15) is 0 Å². The number of fused-ring (bicyclic) bond motifs is 1. The van der Waals surface area contributed by atoms with Crippen LogP contribution in [0.1, 0.15) is 31.2 Å². The number of nitrogens with one attached hydrogen (secondary N) is 1. The fourth-order valence-electron chi connectivity index (χ4n) is 3.39. The number of hydrogen-bond acceptors (Lipinski definition) is 5. The maximum absolute atomic E-state index is 6.15. The number of hydrogen-bond donors (Lipinski definition) is 2. The quantitative estimate of drug-likeness (QED) is 0.511. The molecule has 7 heteroatoms. The fraction of sp³-hybridized carbons (Fsp3) is 0.286. The zero-order chi connectivity index (χ0) is 19.5. The second-order valence-corrected chi connectivity index (χ2v) is 6.80. The van der Waals surface area contributed by atoms with Crippen LogP contribution in [0.3, 0.4) is 0 Å². The predicted molar refractivity (Wildman–Crippen MR) is 110 cm³/mol. The van der Waals surface area contributed by atoms with Crippen molar-refractivity contribution in [2.24, 2.45) is 0 Å². The molecular weight excluding hydrogens is 352 g/mol. The number of anilines is 1. The topological polar surface area (TPSA) is 94.6 Å². The third-order valence-electron chi connectivity index (χ3n) is 4.90. The van der Waals surface area contributed by atoms with Gasteiger partial charge in [0.2, 0.25) is 0 Å². The molecule has 0 spiro atoms. The summed E-state index contributed by atoms with van der Waals surface area (Å²) in [5.41, 5.74) is 10.7. The number of aryl methyl sites for hydroxylation is 1. The number of unbranched alkanes of at least 4 members (excludes halogenated alkanes) is 1. The van der Waals surface area contributed by atoms with Crippen LogP contribution in [-0.2, 0) is 13.0 Å². The van der Waals surface area contributed by atoms with Crippen molar-refractivity contribution in [3.8, 4) is 17.0 Å². The molecule has 0 fully saturated rings. The minimum absolute atomic E-state index is 0.362. The molecule has 0 aliphatic rings. The van der Waals surface area contributed by atoms with Gasteiger partial charge in [0.25, 0.3) is 0 Å². The summed E-state index contributed by atoms with van der Waals surface area (Å²) < 4.78 is 7.50. The second-order valence-electron chi connectivity index (χ2n) is 6.80. The Morgan fingerprint density at radius 3 is 2.64 bits per heavy atom. The molecule has 3 heterocycles. The average molecular weight is 376 g/mol. The summed E-state index contributed by atoms with van der Waals surface area (Å²) in [4.78, 5) is 7.94. The van der Waals surface area contributed by atoms with Gasteiger partial charge >= 0.3 is 0 Å². The van der Waals surface area contributed by atoms with Crippen LogP contribution < -0.4 is 10.5 Å². The zero-order valence-corrected chi connectivity index (χ0v) is 16.1. The summed E-state index contributed by atoms with van der Waals surface area (Å²) in [6.45, 7) is 2.86. The average Bonchev–Trinajstić information content (AvgIpc) is 3.37. The Bertz CT molecular complexity index is 1070. The van der Waals surface area contributed by atoms with E-state index in [4.69, 9.17) is 15.5 Å². The van der Waals surface area contributed by atoms with Crippen molar-refractivity contribution in [1.82, 2.24) is 24.7 Å². The molecular formula is C21H24N6O. The van der Waals surface area contributed by atoms with Crippen LogP contribution in [-0.4, -0.2) is 31.8 Å². The van der Waals surface area contributed by atoms with Gasteiger partial charge in [-0.15, -0.1) is 10.2 Å². The monoisotopic (exact) mass is 376 g/mol. The number of aromatic nitrogens is 5. The van der Waals surface area contributed by atoms with Crippen LogP contribution in [0.25, 0.3) is 22.3 Å². The van der Waals surface area contributed by atoms with Crippen molar-refractivity contribution in [3.05, 3.63) is 54.1 Å². The lowest BCUT2D eigenvalue weighted by Crippen LogP contribution is -2.07. The third-order valence-corrected chi connectivity index (χ3v) is 4.90. The molecule has 0 saturated carbocycles. The number of imidazole rings is 1. The summed E-state index contributed by atoms with van der Waals surface area (Å²) in [6, 6.07) is 10.1. The molecule has 0 bridgehead atoms. The molecule has 0 aliphatic heterocycles. The van der Waals surface area contributed by atoms with E-state index >= 15 is 0 Å². The Morgan fingerprint density at radius 1 is 1.14 bits per heavy atom. The molecule has 0 radical (unpaired) electrons. The number of aromatic amines is 1. The molecule has 0 unspecified atom stereocenters. The van der Waals surface area contributed by atoms with Crippen molar-refractivity contribution in [1.29, 1.82) is 0 Å². The molecule has 0 aliphatic carbocycles. The van der Waals surface area contributed by atoms with Gasteiger partial charge in [0, 0.05) is 30.9 Å². The number of methoxy groups -OCH3 is 1.